The fourth-order valence-electron chi connectivity index (χ4n) is 3.75. The Balaban J connectivity index is 0.00000408. The molecule has 0 fully saturated rings. The summed E-state index contributed by atoms with van der Waals surface area (Å²) >= 11 is 0. The molecule has 0 saturated carbocycles. The first-order chi connectivity index (χ1) is 16.0. The third-order valence-electron chi connectivity index (χ3n) is 5.65. The molecule has 2 aromatic carbocycles. The number of aromatic nitrogens is 2. The number of unbranched alkanes of at least 4 members (excludes halogenated alkanes) is 6. The van der Waals surface area contributed by atoms with Crippen LogP contribution in [-0.4, -0.2) is 27.9 Å². The first-order valence-corrected chi connectivity index (χ1v) is 11.6. The van der Waals surface area contributed by atoms with Crippen LogP contribution in [0, 0.1) is 6.92 Å². The van der Waals surface area contributed by atoms with Crippen molar-refractivity contribution in [3.63, 3.8) is 0 Å². The first kappa shape index (κ1) is 27.8. The van der Waals surface area contributed by atoms with Gasteiger partial charge in [0.1, 0.15) is 5.75 Å². The maximum atomic E-state index is 12.9. The number of hydrogen-bond acceptors (Lipinski definition) is 5. The van der Waals surface area contributed by atoms with Crippen molar-refractivity contribution in [2.75, 3.05) is 6.61 Å². The number of aryl methyl sites for hydroxylation is 1. The molecule has 0 atom stereocenters. The summed E-state index contributed by atoms with van der Waals surface area (Å²) in [6, 6.07) is 13.1. The molecule has 34 heavy (non-hydrogen) atoms. The van der Waals surface area contributed by atoms with E-state index in [1.54, 1.807) is 12.5 Å². The molecule has 0 aliphatic heterocycles. The minimum absolute atomic E-state index is 0. The smallest absolute Gasteiger partial charge is 0.550 e. The van der Waals surface area contributed by atoms with E-state index in [2.05, 4.69) is 4.98 Å². The maximum Gasteiger partial charge on any atom is 1.00 e. The largest absolute Gasteiger partial charge is 1.00 e. The molecule has 0 saturated heterocycles. The van der Waals surface area contributed by atoms with E-state index in [0.717, 1.165) is 55.5 Å². The van der Waals surface area contributed by atoms with Gasteiger partial charge in [-0.1, -0.05) is 32.1 Å². The minimum Gasteiger partial charge on any atom is -0.550 e. The summed E-state index contributed by atoms with van der Waals surface area (Å²) in [5, 5.41) is 10.4. The number of nitrogens with zero attached hydrogens (tertiary/aromatic N) is 2. The number of ketones is 1. The van der Waals surface area contributed by atoms with Gasteiger partial charge >= 0.3 is 29.6 Å². The van der Waals surface area contributed by atoms with Crippen LogP contribution in [0.15, 0.2) is 61.2 Å². The number of carbonyl (C=O) groups is 2. The Morgan fingerprint density at radius 2 is 1.56 bits per heavy atom. The second-order valence-electron chi connectivity index (χ2n) is 8.27. The van der Waals surface area contributed by atoms with Gasteiger partial charge in [-0.25, -0.2) is 4.98 Å². The zero-order valence-corrected chi connectivity index (χ0v) is 22.2. The molecule has 1 aromatic heterocycles. The van der Waals surface area contributed by atoms with E-state index in [-0.39, 0.29) is 41.8 Å². The first-order valence-electron chi connectivity index (χ1n) is 11.6. The van der Waals surface area contributed by atoms with Crippen molar-refractivity contribution in [3.8, 4) is 11.4 Å². The Bertz CT molecular complexity index is 1030. The predicted molar refractivity (Wildman–Crippen MR) is 126 cm³/mol. The van der Waals surface area contributed by atoms with E-state index in [1.165, 1.54) is 0 Å². The van der Waals surface area contributed by atoms with Gasteiger partial charge in [0.05, 0.1) is 12.9 Å². The van der Waals surface area contributed by atoms with E-state index < -0.39 is 5.97 Å². The summed E-state index contributed by atoms with van der Waals surface area (Å²) in [7, 11) is 0. The van der Waals surface area contributed by atoms with Crippen LogP contribution >= 0.6 is 0 Å². The molecule has 0 spiro atoms. The van der Waals surface area contributed by atoms with Gasteiger partial charge in [-0.15, -0.1) is 0 Å². The number of ether oxygens (including phenoxy) is 1. The molecule has 0 bridgehead atoms. The van der Waals surface area contributed by atoms with Gasteiger partial charge < -0.3 is 19.2 Å². The summed E-state index contributed by atoms with van der Waals surface area (Å²) < 4.78 is 7.81. The van der Waals surface area contributed by atoms with Crippen LogP contribution in [0.25, 0.3) is 5.69 Å². The second kappa shape index (κ2) is 14.8. The molecular formula is C27H31N2NaO4. The summed E-state index contributed by atoms with van der Waals surface area (Å²) in [4.78, 5) is 27.3. The van der Waals surface area contributed by atoms with Crippen LogP contribution < -0.4 is 39.4 Å². The summed E-state index contributed by atoms with van der Waals surface area (Å²) in [6.45, 7) is 2.61. The molecule has 1 heterocycles. The van der Waals surface area contributed by atoms with Gasteiger partial charge in [-0.3, -0.25) is 4.79 Å². The van der Waals surface area contributed by atoms with E-state index >= 15 is 0 Å². The fraction of sp³-hybridized carbons (Fsp3) is 0.370. The number of carbonyl (C=O) groups excluding carboxylic acids is 2. The summed E-state index contributed by atoms with van der Waals surface area (Å²) in [5.74, 6) is -0.161. The van der Waals surface area contributed by atoms with Gasteiger partial charge in [0, 0.05) is 35.2 Å². The normalized spacial score (nSPS) is 10.5. The van der Waals surface area contributed by atoms with Crippen LogP contribution in [0.3, 0.4) is 0 Å². The monoisotopic (exact) mass is 470 g/mol. The molecule has 0 radical (unpaired) electrons. The molecule has 7 heteroatoms. The Morgan fingerprint density at radius 3 is 2.18 bits per heavy atom. The van der Waals surface area contributed by atoms with Crippen LogP contribution in [0.4, 0.5) is 0 Å². The number of aliphatic carboxylic acids is 1. The Morgan fingerprint density at radius 1 is 0.912 bits per heavy atom. The molecule has 0 unspecified atom stereocenters. The molecule has 0 aliphatic rings. The summed E-state index contributed by atoms with van der Waals surface area (Å²) in [5.41, 5.74) is 3.20. The number of rotatable bonds is 14. The topological polar surface area (TPSA) is 84.2 Å². The average Bonchev–Trinajstić information content (AvgIpc) is 3.35. The van der Waals surface area contributed by atoms with Crippen molar-refractivity contribution in [2.45, 2.75) is 58.3 Å². The van der Waals surface area contributed by atoms with E-state index in [1.807, 2.05) is 60.2 Å². The zero-order valence-electron chi connectivity index (χ0n) is 20.2. The molecule has 3 rings (SSSR count). The van der Waals surface area contributed by atoms with Crippen molar-refractivity contribution in [1.82, 2.24) is 9.55 Å². The average molecular weight is 471 g/mol. The fourth-order valence-corrected chi connectivity index (χ4v) is 3.75. The number of carboxylic acid groups (broad SMARTS) is 1. The number of hydrogen-bond donors (Lipinski definition) is 0. The third-order valence-corrected chi connectivity index (χ3v) is 5.65. The third kappa shape index (κ3) is 8.75. The Labute approximate surface area is 223 Å². The van der Waals surface area contributed by atoms with Crippen LogP contribution in [0.5, 0.6) is 5.75 Å². The maximum absolute atomic E-state index is 12.9. The van der Waals surface area contributed by atoms with Gasteiger partial charge in [0.15, 0.2) is 5.78 Å². The molecule has 0 N–H and O–H groups in total. The van der Waals surface area contributed by atoms with Gasteiger partial charge in [-0.05, 0) is 74.2 Å². The van der Waals surface area contributed by atoms with Gasteiger partial charge in [0.2, 0.25) is 0 Å². The molecule has 3 aromatic rings. The molecule has 174 valence electrons. The SMILES string of the molecule is Cc1cc(C(=O)c2ccc(-n3ccnc3)cc2)ccc1OCCCCCCCCCC(=O)[O-].[Na+]. The van der Waals surface area contributed by atoms with E-state index in [0.29, 0.717) is 24.2 Å². The quantitative estimate of drug-likeness (QED) is 0.203. The Kier molecular flexibility index (Phi) is 12.1. The number of carboxylic acids is 1. The second-order valence-corrected chi connectivity index (χ2v) is 8.27. The number of imidazole rings is 1. The zero-order chi connectivity index (χ0) is 23.5. The van der Waals surface area contributed by atoms with Crippen molar-refractivity contribution >= 4 is 11.8 Å². The van der Waals surface area contributed by atoms with Crippen molar-refractivity contribution in [1.29, 1.82) is 0 Å². The molecule has 6 nitrogen and oxygen atoms in total. The van der Waals surface area contributed by atoms with Crippen molar-refractivity contribution in [3.05, 3.63) is 77.9 Å². The van der Waals surface area contributed by atoms with E-state index in [4.69, 9.17) is 4.74 Å². The standard InChI is InChI=1S/C27H32N2O4.Na/c1-21-19-23(27(32)22-10-13-24(14-11-22)29-17-16-28-20-29)12-15-25(21)33-18-8-6-4-2-3-5-7-9-26(30)31;/h10-17,19-20H,2-9,18H2,1H3,(H,30,31);/q;+1/p-1. The Hall–Kier alpha value is -2.41. The van der Waals surface area contributed by atoms with Crippen molar-refractivity contribution in [2.24, 2.45) is 0 Å². The minimum atomic E-state index is -0.958. The predicted octanol–water partition coefficient (Wildman–Crippen LogP) is 1.67. The number of benzene rings is 2. The van der Waals surface area contributed by atoms with Crippen LogP contribution in [0.2, 0.25) is 0 Å². The van der Waals surface area contributed by atoms with Crippen LogP contribution in [-0.2, 0) is 4.79 Å². The van der Waals surface area contributed by atoms with Gasteiger partial charge in [-0.2, -0.15) is 0 Å². The van der Waals surface area contributed by atoms with E-state index in [9.17, 15) is 14.7 Å². The van der Waals surface area contributed by atoms with Crippen LogP contribution in [0.1, 0.15) is 72.9 Å². The molecular weight excluding hydrogens is 439 g/mol. The molecule has 0 amide bonds. The van der Waals surface area contributed by atoms with Crippen molar-refractivity contribution < 1.29 is 49.0 Å². The summed E-state index contributed by atoms with van der Waals surface area (Å²) in [6.07, 6.45) is 12.5. The van der Waals surface area contributed by atoms with Gasteiger partial charge in [0.25, 0.3) is 0 Å². The molecule has 0 aliphatic carbocycles.